The maximum atomic E-state index is 12.8. The lowest BCUT2D eigenvalue weighted by Crippen LogP contribution is -3.13. The molecule has 1 N–H and O–H groups in total. The molecule has 0 saturated carbocycles. The van der Waals surface area contributed by atoms with E-state index in [1.807, 2.05) is 19.1 Å². The predicted octanol–water partition coefficient (Wildman–Crippen LogP) is 3.90. The van der Waals surface area contributed by atoms with Gasteiger partial charge in [-0.05, 0) is 60.3 Å². The van der Waals surface area contributed by atoms with Crippen LogP contribution in [0.3, 0.4) is 0 Å². The van der Waals surface area contributed by atoms with Gasteiger partial charge in [0.25, 0.3) is 0 Å². The molecule has 1 atom stereocenters. The van der Waals surface area contributed by atoms with Gasteiger partial charge < -0.3 is 9.64 Å². The van der Waals surface area contributed by atoms with Crippen molar-refractivity contribution in [3.05, 3.63) is 34.9 Å². The largest absolute Gasteiger partial charge is 0.453 e. The van der Waals surface area contributed by atoms with E-state index in [4.69, 9.17) is 4.74 Å². The number of ether oxygens (including phenoxy) is 1. The summed E-state index contributed by atoms with van der Waals surface area (Å²) in [6.07, 6.45) is 3.87. The topological polar surface area (TPSA) is 30.7 Å². The van der Waals surface area contributed by atoms with Gasteiger partial charge in [-0.15, -0.1) is 0 Å². The standard InChI is InChI=1S/C23H37NO2/c1-17(16-24-11-9-8-10-12-24)26-21(25)18-13-19(22(2,3)4)15-20(14-18)23(5,6)7/h13-15,17H,8-12,16H2,1-7H3/p+1/t17-/m1/s1. The molecule has 0 spiro atoms. The second-order valence-corrected chi connectivity index (χ2v) is 10.0. The number of rotatable bonds is 4. The van der Waals surface area contributed by atoms with Crippen LogP contribution in [0.1, 0.15) is 89.2 Å². The van der Waals surface area contributed by atoms with Crippen LogP contribution < -0.4 is 4.90 Å². The van der Waals surface area contributed by atoms with Gasteiger partial charge in [-0.25, -0.2) is 4.79 Å². The molecule has 1 aromatic carbocycles. The Hall–Kier alpha value is -1.35. The molecule has 1 heterocycles. The van der Waals surface area contributed by atoms with Crippen molar-refractivity contribution in [2.75, 3.05) is 19.6 Å². The number of benzene rings is 1. The molecule has 146 valence electrons. The van der Waals surface area contributed by atoms with Crippen molar-refractivity contribution >= 4 is 5.97 Å². The molecule has 0 unspecified atom stereocenters. The van der Waals surface area contributed by atoms with E-state index in [2.05, 4.69) is 47.6 Å². The average molecular weight is 361 g/mol. The van der Waals surface area contributed by atoms with Crippen molar-refractivity contribution in [2.24, 2.45) is 0 Å². The van der Waals surface area contributed by atoms with Crippen LogP contribution in [0.15, 0.2) is 18.2 Å². The fraction of sp³-hybridized carbons (Fsp3) is 0.696. The molecule has 0 amide bonds. The fourth-order valence-electron chi connectivity index (χ4n) is 3.57. The highest BCUT2D eigenvalue weighted by atomic mass is 16.5. The molecule has 0 aliphatic carbocycles. The molecule has 2 rings (SSSR count). The van der Waals surface area contributed by atoms with E-state index in [0.717, 1.165) is 6.54 Å². The summed E-state index contributed by atoms with van der Waals surface area (Å²) in [5.74, 6) is -0.189. The molecule has 1 aromatic rings. The summed E-state index contributed by atoms with van der Waals surface area (Å²) >= 11 is 0. The number of nitrogens with one attached hydrogen (secondary N) is 1. The maximum Gasteiger partial charge on any atom is 0.338 e. The first-order valence-electron chi connectivity index (χ1n) is 10.2. The molecule has 0 aromatic heterocycles. The minimum Gasteiger partial charge on any atom is -0.453 e. The van der Waals surface area contributed by atoms with Crippen LogP contribution in [-0.2, 0) is 15.6 Å². The highest BCUT2D eigenvalue weighted by Gasteiger charge is 2.24. The van der Waals surface area contributed by atoms with E-state index in [0.29, 0.717) is 5.56 Å². The average Bonchev–Trinajstić information content (AvgIpc) is 2.53. The number of quaternary nitrogens is 1. The first kappa shape index (κ1) is 21.0. The summed E-state index contributed by atoms with van der Waals surface area (Å²) in [4.78, 5) is 14.4. The maximum absolute atomic E-state index is 12.8. The second kappa shape index (κ2) is 8.12. The Balaban J connectivity index is 2.16. The Morgan fingerprint density at radius 1 is 0.962 bits per heavy atom. The van der Waals surface area contributed by atoms with Crippen LogP contribution in [0.4, 0.5) is 0 Å². The summed E-state index contributed by atoms with van der Waals surface area (Å²) in [5, 5.41) is 0. The Kier molecular flexibility index (Phi) is 6.55. The van der Waals surface area contributed by atoms with Crippen molar-refractivity contribution in [3.8, 4) is 0 Å². The minimum absolute atomic E-state index is 0.000144. The Morgan fingerprint density at radius 2 is 1.46 bits per heavy atom. The van der Waals surface area contributed by atoms with Crippen LogP contribution in [0.25, 0.3) is 0 Å². The molecule has 1 saturated heterocycles. The molecule has 1 aliphatic heterocycles. The Labute approximate surface area is 160 Å². The summed E-state index contributed by atoms with van der Waals surface area (Å²) in [6.45, 7) is 18.5. The lowest BCUT2D eigenvalue weighted by atomic mass is 9.79. The van der Waals surface area contributed by atoms with E-state index >= 15 is 0 Å². The van der Waals surface area contributed by atoms with Crippen LogP contribution in [0.2, 0.25) is 0 Å². The van der Waals surface area contributed by atoms with Crippen molar-refractivity contribution in [2.45, 2.75) is 84.7 Å². The van der Waals surface area contributed by atoms with E-state index in [1.54, 1.807) is 4.90 Å². The highest BCUT2D eigenvalue weighted by molar-refractivity contribution is 5.90. The molecule has 0 bridgehead atoms. The Morgan fingerprint density at radius 3 is 1.92 bits per heavy atom. The van der Waals surface area contributed by atoms with Gasteiger partial charge in [0.05, 0.1) is 18.7 Å². The number of piperidine rings is 1. The lowest BCUT2D eigenvalue weighted by Gasteiger charge is -2.27. The second-order valence-electron chi connectivity index (χ2n) is 10.0. The number of hydrogen-bond donors (Lipinski definition) is 1. The molecule has 3 nitrogen and oxygen atoms in total. The van der Waals surface area contributed by atoms with Gasteiger partial charge in [-0.1, -0.05) is 47.6 Å². The van der Waals surface area contributed by atoms with Crippen LogP contribution >= 0.6 is 0 Å². The molecular weight excluding hydrogens is 322 g/mol. The molecule has 26 heavy (non-hydrogen) atoms. The number of hydrogen-bond acceptors (Lipinski definition) is 2. The van der Waals surface area contributed by atoms with Crippen LogP contribution in [0.5, 0.6) is 0 Å². The smallest absolute Gasteiger partial charge is 0.338 e. The summed E-state index contributed by atoms with van der Waals surface area (Å²) in [5.41, 5.74) is 3.06. The predicted molar refractivity (Wildman–Crippen MR) is 108 cm³/mol. The summed E-state index contributed by atoms with van der Waals surface area (Å²) in [7, 11) is 0. The van der Waals surface area contributed by atoms with Gasteiger partial charge in [0.15, 0.2) is 0 Å². The molecule has 0 radical (unpaired) electrons. The third-order valence-corrected chi connectivity index (χ3v) is 5.35. The van der Waals surface area contributed by atoms with Crippen molar-refractivity contribution < 1.29 is 14.4 Å². The first-order chi connectivity index (χ1) is 12.0. The Bertz CT molecular complexity index is 584. The van der Waals surface area contributed by atoms with E-state index in [9.17, 15) is 4.79 Å². The number of carbonyl (C=O) groups is 1. The number of carbonyl (C=O) groups excluding carboxylic acids is 1. The van der Waals surface area contributed by atoms with Gasteiger partial charge in [0.2, 0.25) is 0 Å². The monoisotopic (exact) mass is 360 g/mol. The first-order valence-corrected chi connectivity index (χ1v) is 10.2. The quantitative estimate of drug-likeness (QED) is 0.826. The van der Waals surface area contributed by atoms with Crippen LogP contribution in [0, 0.1) is 0 Å². The van der Waals surface area contributed by atoms with E-state index < -0.39 is 0 Å². The summed E-state index contributed by atoms with van der Waals surface area (Å²) < 4.78 is 5.81. The third-order valence-electron chi connectivity index (χ3n) is 5.35. The molecule has 1 fully saturated rings. The fourth-order valence-corrected chi connectivity index (χ4v) is 3.57. The minimum atomic E-state index is -0.189. The van der Waals surface area contributed by atoms with Crippen molar-refractivity contribution in [1.29, 1.82) is 0 Å². The van der Waals surface area contributed by atoms with Crippen molar-refractivity contribution in [3.63, 3.8) is 0 Å². The zero-order valence-electron chi connectivity index (χ0n) is 17.9. The van der Waals surface area contributed by atoms with Gasteiger partial charge in [0, 0.05) is 0 Å². The third kappa shape index (κ3) is 5.84. The van der Waals surface area contributed by atoms with Gasteiger partial charge >= 0.3 is 5.97 Å². The van der Waals surface area contributed by atoms with Gasteiger partial charge in [-0.3, -0.25) is 0 Å². The highest BCUT2D eigenvalue weighted by Crippen LogP contribution is 2.30. The van der Waals surface area contributed by atoms with Crippen LogP contribution in [-0.4, -0.2) is 31.7 Å². The van der Waals surface area contributed by atoms with Gasteiger partial charge in [0.1, 0.15) is 12.6 Å². The molecular formula is C23H38NO2+. The normalized spacial score (nSPS) is 17.8. The van der Waals surface area contributed by atoms with E-state index in [-0.39, 0.29) is 22.9 Å². The SMILES string of the molecule is C[C@H](C[NH+]1CCCCC1)OC(=O)c1cc(C(C)(C)C)cc(C(C)(C)C)c1. The van der Waals surface area contributed by atoms with Crippen molar-refractivity contribution in [1.82, 2.24) is 0 Å². The lowest BCUT2D eigenvalue weighted by molar-refractivity contribution is -0.907. The number of esters is 1. The summed E-state index contributed by atoms with van der Waals surface area (Å²) in [6, 6.07) is 6.26. The zero-order chi connectivity index (χ0) is 19.5. The van der Waals surface area contributed by atoms with Gasteiger partial charge in [-0.2, -0.15) is 0 Å². The molecule has 3 heteroatoms. The molecule has 1 aliphatic rings. The number of likely N-dealkylation sites (tertiary alicyclic amines) is 1. The zero-order valence-corrected chi connectivity index (χ0v) is 17.9. The van der Waals surface area contributed by atoms with E-state index in [1.165, 1.54) is 43.5 Å².